The summed E-state index contributed by atoms with van der Waals surface area (Å²) in [6, 6.07) is 26.2. The highest BCUT2D eigenvalue weighted by Crippen LogP contribution is 2.28. The van der Waals surface area contributed by atoms with E-state index in [1.54, 1.807) is 42.7 Å². The van der Waals surface area contributed by atoms with Gasteiger partial charge in [-0.2, -0.15) is 0 Å². The van der Waals surface area contributed by atoms with Crippen LogP contribution in [0.25, 0.3) is 21.8 Å². The Bertz CT molecular complexity index is 3160. The molecule has 0 aliphatic heterocycles. The molecule has 2 aromatic heterocycles. The number of hydrogen-bond donors (Lipinski definition) is 8. The quantitative estimate of drug-likeness (QED) is 0.0218. The molecular formula is C62H79N11O10. The van der Waals surface area contributed by atoms with E-state index in [2.05, 4.69) is 20.6 Å². The van der Waals surface area contributed by atoms with Crippen LogP contribution < -0.4 is 27.8 Å². The zero-order valence-corrected chi connectivity index (χ0v) is 47.7. The van der Waals surface area contributed by atoms with E-state index in [9.17, 15) is 38.7 Å². The first-order chi connectivity index (χ1) is 39.9. The average molecular weight is 1140 g/mol. The summed E-state index contributed by atoms with van der Waals surface area (Å²) in [6.07, 6.45) is 2.95. The van der Waals surface area contributed by atoms with Crippen LogP contribution in [-0.2, 0) is 68.8 Å². The van der Waals surface area contributed by atoms with Gasteiger partial charge in [0.1, 0.15) is 30.5 Å². The Kier molecular flexibility index (Phi) is 23.8. The Morgan fingerprint density at radius 1 is 0.614 bits per heavy atom. The molecule has 0 saturated heterocycles. The van der Waals surface area contributed by atoms with Crippen molar-refractivity contribution in [2.24, 2.45) is 23.1 Å². The zero-order chi connectivity index (χ0) is 60.2. The van der Waals surface area contributed by atoms with Crippen LogP contribution in [0.15, 0.2) is 122 Å². The highest BCUT2D eigenvalue weighted by atomic mass is 16.3. The van der Waals surface area contributed by atoms with E-state index in [1.165, 1.54) is 37.9 Å². The number of carbonyl (C=O) groups excluding carboxylic acids is 9. The van der Waals surface area contributed by atoms with Gasteiger partial charge in [0.15, 0.2) is 5.78 Å². The maximum absolute atomic E-state index is 15.6. The van der Waals surface area contributed by atoms with Crippen molar-refractivity contribution in [3.8, 4) is 0 Å². The van der Waals surface area contributed by atoms with Gasteiger partial charge in [-0.3, -0.25) is 38.4 Å². The first-order valence-electron chi connectivity index (χ1n) is 28.1. The lowest BCUT2D eigenvalue weighted by atomic mass is 9.88. The summed E-state index contributed by atoms with van der Waals surface area (Å²) in [5.41, 5.74) is 21.7. The smallest absolute Gasteiger partial charge is 0.248 e. The van der Waals surface area contributed by atoms with Gasteiger partial charge < -0.3 is 67.3 Å². The largest absolute Gasteiger partial charge is 0.391 e. The molecule has 7 atom stereocenters. The lowest BCUT2D eigenvalue weighted by Gasteiger charge is -2.37. The topological polar surface area (TPSA) is 321 Å². The number of nitrogens with two attached hydrogens (primary N) is 3. The lowest BCUT2D eigenvalue weighted by molar-refractivity contribution is -0.151. The number of unbranched alkanes of at least 4 members (excludes halogenated alkanes) is 1. The number of benzene rings is 4. The van der Waals surface area contributed by atoms with Crippen molar-refractivity contribution in [1.29, 1.82) is 0 Å². The number of H-pyrrole nitrogens is 2. The number of nitrogens with one attached hydrogen (secondary N) is 4. The molecule has 7 amide bonds. The third kappa shape index (κ3) is 17.3. The molecule has 0 saturated carbocycles. The number of amides is 7. The molecule has 11 N–H and O–H groups in total. The van der Waals surface area contributed by atoms with E-state index < -0.39 is 95.9 Å². The molecule has 21 nitrogen and oxygen atoms in total. The van der Waals surface area contributed by atoms with E-state index in [1.807, 2.05) is 78.9 Å². The number of fused-ring (bicyclic) bond motifs is 2. The summed E-state index contributed by atoms with van der Waals surface area (Å²) < 4.78 is 0. The Hall–Kier alpha value is -8.53. The van der Waals surface area contributed by atoms with Gasteiger partial charge >= 0.3 is 0 Å². The van der Waals surface area contributed by atoms with Gasteiger partial charge in [-0.25, -0.2) is 0 Å². The molecule has 0 bridgehead atoms. The standard InChI is InChI=1S/C62H79N11O10/c1-40(75)57(62(83)72(4)52(33-42-20-9-6-10-21-42)61(82)73(30-29-64)39-55(65)77)69-58(79)51(26-15-16-28-63)70(2)60(81)53(35-45-38-67-49-25-14-12-23-47(45)49)71(3)59(80)43(34-44-37-66-48-24-13-11-22-46(44)48)36-54(76)50(68-56(78)27-17-31-74)32-41-18-7-5-8-19-41/h5-14,18-25,31,37-38,40,43,50-53,57,66-67,75H,15-17,26-30,32-36,39,63-64H2,1-4H3,(H2,65,77)(H,68,78)(H,69,79). The van der Waals surface area contributed by atoms with Gasteiger partial charge in [0, 0.05) is 106 Å². The van der Waals surface area contributed by atoms with Crippen molar-refractivity contribution in [2.75, 3.05) is 47.3 Å². The molecule has 442 valence electrons. The van der Waals surface area contributed by atoms with E-state index in [0.29, 0.717) is 30.3 Å². The third-order valence-corrected chi connectivity index (χ3v) is 15.1. The van der Waals surface area contributed by atoms with E-state index in [-0.39, 0.29) is 71.0 Å². The maximum Gasteiger partial charge on any atom is 0.248 e. The first-order valence-corrected chi connectivity index (χ1v) is 28.1. The number of ketones is 1. The fourth-order valence-corrected chi connectivity index (χ4v) is 10.5. The molecule has 0 fully saturated rings. The van der Waals surface area contributed by atoms with Crippen LogP contribution in [0.2, 0.25) is 0 Å². The van der Waals surface area contributed by atoms with Crippen LogP contribution in [0.3, 0.4) is 0 Å². The average Bonchev–Trinajstić information content (AvgIpc) is 4.24. The molecule has 6 rings (SSSR count). The predicted molar refractivity (Wildman–Crippen MR) is 316 cm³/mol. The number of aldehydes is 1. The van der Waals surface area contributed by atoms with E-state index in [4.69, 9.17) is 17.2 Å². The number of aliphatic hydroxyl groups excluding tert-OH is 1. The normalized spacial score (nSPS) is 13.8. The third-order valence-electron chi connectivity index (χ3n) is 15.1. The number of para-hydroxylation sites is 2. The van der Waals surface area contributed by atoms with Gasteiger partial charge in [-0.1, -0.05) is 97.1 Å². The highest BCUT2D eigenvalue weighted by molar-refractivity contribution is 5.98. The lowest BCUT2D eigenvalue weighted by Crippen LogP contribution is -2.62. The molecular weight excluding hydrogens is 1060 g/mol. The van der Waals surface area contributed by atoms with Gasteiger partial charge in [0.25, 0.3) is 0 Å². The van der Waals surface area contributed by atoms with Gasteiger partial charge in [-0.15, -0.1) is 0 Å². The molecule has 0 aliphatic rings. The monoisotopic (exact) mass is 1140 g/mol. The van der Waals surface area contributed by atoms with E-state index in [0.717, 1.165) is 42.7 Å². The second kappa shape index (κ2) is 31.1. The zero-order valence-electron chi connectivity index (χ0n) is 47.7. The first kappa shape index (κ1) is 63.6. The molecule has 83 heavy (non-hydrogen) atoms. The van der Waals surface area contributed by atoms with Gasteiger partial charge in [0.05, 0.1) is 18.7 Å². The molecule has 0 spiro atoms. The van der Waals surface area contributed by atoms with Crippen molar-refractivity contribution >= 4 is 75.2 Å². The van der Waals surface area contributed by atoms with Crippen molar-refractivity contribution < 1.29 is 48.3 Å². The van der Waals surface area contributed by atoms with Crippen molar-refractivity contribution in [1.82, 2.24) is 40.2 Å². The van der Waals surface area contributed by atoms with Crippen LogP contribution in [0.5, 0.6) is 0 Å². The molecule has 7 unspecified atom stereocenters. The maximum atomic E-state index is 15.6. The summed E-state index contributed by atoms with van der Waals surface area (Å²) in [7, 11) is 4.26. The number of aromatic amines is 2. The predicted octanol–water partition coefficient (Wildman–Crippen LogP) is 2.71. The number of likely N-dealkylation sites (N-methyl/N-ethyl adjacent to an activating group) is 3. The van der Waals surface area contributed by atoms with E-state index >= 15 is 9.59 Å². The summed E-state index contributed by atoms with van der Waals surface area (Å²) in [5, 5.41) is 18.4. The molecule has 2 heterocycles. The Labute approximate surface area is 483 Å². The fourth-order valence-electron chi connectivity index (χ4n) is 10.5. The van der Waals surface area contributed by atoms with Crippen LogP contribution in [0, 0.1) is 5.92 Å². The molecule has 0 radical (unpaired) electrons. The number of aromatic nitrogens is 2. The molecule has 0 aliphatic carbocycles. The fraction of sp³-hybridized carbons (Fsp3) is 0.403. The summed E-state index contributed by atoms with van der Waals surface area (Å²) in [6.45, 7) is 1.01. The van der Waals surface area contributed by atoms with Gasteiger partial charge in [0.2, 0.25) is 41.4 Å². The SMILES string of the molecule is CC(O)C(NC(=O)C(CCCCN)N(C)C(=O)C(Cc1c[nH]c2ccccc12)N(C)C(=O)C(CC(=O)C(Cc1ccccc1)NC(=O)CCC=O)Cc1c[nH]c2ccccc12)C(=O)N(C)C(Cc1ccccc1)C(=O)N(CCN)CC(N)=O. The number of primary amides is 1. The van der Waals surface area contributed by atoms with Crippen LogP contribution >= 0.6 is 0 Å². The Balaban J connectivity index is 1.37. The van der Waals surface area contributed by atoms with Crippen LogP contribution in [0.4, 0.5) is 0 Å². The molecule has 6 aromatic rings. The number of Topliss-reactive ketones (excluding diaryl/α,β-unsaturated/α-hetero) is 1. The van der Waals surface area contributed by atoms with Gasteiger partial charge in [-0.05, 0) is 80.0 Å². The molecule has 21 heteroatoms. The second-order valence-corrected chi connectivity index (χ2v) is 21.1. The summed E-state index contributed by atoms with van der Waals surface area (Å²) in [4.78, 5) is 138. The second-order valence-electron chi connectivity index (χ2n) is 21.1. The number of aliphatic hydroxyl groups is 1. The number of hydrogen-bond acceptors (Lipinski definition) is 12. The summed E-state index contributed by atoms with van der Waals surface area (Å²) in [5.74, 6) is -6.42. The van der Waals surface area contributed by atoms with Crippen molar-refractivity contribution in [2.45, 2.75) is 107 Å². The molecule has 4 aromatic carbocycles. The van der Waals surface area contributed by atoms with Crippen molar-refractivity contribution in [3.63, 3.8) is 0 Å². The minimum Gasteiger partial charge on any atom is -0.391 e. The minimum atomic E-state index is -1.66. The number of carbonyl (C=O) groups is 9. The van der Waals surface area contributed by atoms with Crippen LogP contribution in [-0.4, -0.2) is 172 Å². The Morgan fingerprint density at radius 3 is 1.70 bits per heavy atom. The highest BCUT2D eigenvalue weighted by Gasteiger charge is 2.41. The Morgan fingerprint density at radius 2 is 1.14 bits per heavy atom. The number of rotatable bonds is 33. The van der Waals surface area contributed by atoms with Crippen LogP contribution in [0.1, 0.15) is 67.7 Å². The minimum absolute atomic E-state index is 0.0157. The summed E-state index contributed by atoms with van der Waals surface area (Å²) >= 11 is 0. The number of nitrogens with zero attached hydrogens (tertiary/aromatic N) is 4. The van der Waals surface area contributed by atoms with Crippen molar-refractivity contribution in [3.05, 3.63) is 144 Å².